The van der Waals surface area contributed by atoms with E-state index in [-0.39, 0.29) is 18.1 Å². The predicted octanol–water partition coefficient (Wildman–Crippen LogP) is 1.39. The molecule has 4 nitrogen and oxygen atoms in total. The number of carbonyl (C=O) groups is 1. The molecule has 2 rings (SSSR count). The quantitative estimate of drug-likeness (QED) is 0.827. The van der Waals surface area contributed by atoms with Crippen molar-refractivity contribution in [1.29, 1.82) is 0 Å². The fourth-order valence-electron chi connectivity index (χ4n) is 1.95. The number of ether oxygens (including phenoxy) is 1. The van der Waals surface area contributed by atoms with E-state index in [4.69, 9.17) is 4.74 Å². The van der Waals surface area contributed by atoms with Crippen LogP contribution in [-0.4, -0.2) is 31.2 Å². The van der Waals surface area contributed by atoms with E-state index in [0.717, 1.165) is 18.7 Å². The molecule has 1 amide bonds. The summed E-state index contributed by atoms with van der Waals surface area (Å²) in [6, 6.07) is 9.76. The van der Waals surface area contributed by atoms with Gasteiger partial charge in [0.05, 0.1) is 12.6 Å². The second-order valence-electron chi connectivity index (χ2n) is 4.27. The summed E-state index contributed by atoms with van der Waals surface area (Å²) in [5.41, 5.74) is 0.829. The highest BCUT2D eigenvalue weighted by Crippen LogP contribution is 2.12. The second-order valence-corrected chi connectivity index (χ2v) is 4.27. The number of amides is 1. The van der Waals surface area contributed by atoms with Gasteiger partial charge in [-0.05, 0) is 25.5 Å². The number of anilines is 1. The number of nitrogens with one attached hydrogen (secondary N) is 2. The summed E-state index contributed by atoms with van der Waals surface area (Å²) in [5.74, 6) is -0.0182. The van der Waals surface area contributed by atoms with Crippen molar-refractivity contribution in [3.05, 3.63) is 30.3 Å². The number of benzene rings is 1. The maximum absolute atomic E-state index is 11.7. The Hall–Kier alpha value is -1.39. The Morgan fingerprint density at radius 2 is 2.18 bits per heavy atom. The minimum absolute atomic E-state index is 0.0182. The zero-order chi connectivity index (χ0) is 12.1. The van der Waals surface area contributed by atoms with Gasteiger partial charge in [0.25, 0.3) is 0 Å². The smallest absolute Gasteiger partial charge is 0.238 e. The van der Waals surface area contributed by atoms with Gasteiger partial charge >= 0.3 is 0 Å². The third kappa shape index (κ3) is 3.54. The average molecular weight is 234 g/mol. The fourth-order valence-corrected chi connectivity index (χ4v) is 1.95. The first-order valence-electron chi connectivity index (χ1n) is 5.95. The van der Waals surface area contributed by atoms with E-state index in [1.807, 2.05) is 37.3 Å². The van der Waals surface area contributed by atoms with E-state index in [1.54, 1.807) is 0 Å². The first kappa shape index (κ1) is 12.1. The lowest BCUT2D eigenvalue weighted by Crippen LogP contribution is -2.39. The van der Waals surface area contributed by atoms with E-state index in [9.17, 15) is 4.79 Å². The Bertz CT molecular complexity index is 367. The van der Waals surface area contributed by atoms with Crippen LogP contribution in [0.5, 0.6) is 0 Å². The molecule has 2 unspecified atom stereocenters. The van der Waals surface area contributed by atoms with E-state index < -0.39 is 0 Å². The molecule has 92 valence electrons. The Kier molecular flexibility index (Phi) is 4.12. The fraction of sp³-hybridized carbons (Fsp3) is 0.462. The minimum atomic E-state index is -0.0182. The van der Waals surface area contributed by atoms with Gasteiger partial charge in [-0.3, -0.25) is 4.79 Å². The highest BCUT2D eigenvalue weighted by molar-refractivity contribution is 5.92. The van der Waals surface area contributed by atoms with Crippen LogP contribution in [0.25, 0.3) is 0 Å². The SMILES string of the molecule is CC1OCCC1NCC(=O)Nc1ccccc1. The molecule has 2 atom stereocenters. The van der Waals surface area contributed by atoms with E-state index >= 15 is 0 Å². The molecule has 17 heavy (non-hydrogen) atoms. The van der Waals surface area contributed by atoms with Crippen LogP contribution in [0.4, 0.5) is 5.69 Å². The summed E-state index contributed by atoms with van der Waals surface area (Å²) >= 11 is 0. The highest BCUT2D eigenvalue weighted by atomic mass is 16.5. The van der Waals surface area contributed by atoms with Crippen LogP contribution in [0.1, 0.15) is 13.3 Å². The van der Waals surface area contributed by atoms with Gasteiger partial charge in [-0.25, -0.2) is 0 Å². The number of hydrogen-bond acceptors (Lipinski definition) is 3. The molecule has 1 aliphatic heterocycles. The van der Waals surface area contributed by atoms with Crippen LogP contribution < -0.4 is 10.6 Å². The number of carbonyl (C=O) groups excluding carboxylic acids is 1. The summed E-state index contributed by atoms with van der Waals surface area (Å²) < 4.78 is 5.42. The Labute approximate surface area is 101 Å². The second kappa shape index (κ2) is 5.80. The predicted molar refractivity (Wildman–Crippen MR) is 66.9 cm³/mol. The average Bonchev–Trinajstić information content (AvgIpc) is 2.74. The lowest BCUT2D eigenvalue weighted by Gasteiger charge is -2.15. The van der Waals surface area contributed by atoms with Crippen molar-refractivity contribution in [3.8, 4) is 0 Å². The van der Waals surface area contributed by atoms with Gasteiger partial charge in [0.1, 0.15) is 0 Å². The molecule has 0 radical (unpaired) electrons. The van der Waals surface area contributed by atoms with Gasteiger partial charge in [-0.15, -0.1) is 0 Å². The topological polar surface area (TPSA) is 50.4 Å². The largest absolute Gasteiger partial charge is 0.377 e. The summed E-state index contributed by atoms with van der Waals surface area (Å²) in [5, 5.41) is 6.05. The Morgan fingerprint density at radius 1 is 1.41 bits per heavy atom. The molecule has 1 saturated heterocycles. The van der Waals surface area contributed by atoms with Crippen LogP contribution in [0.15, 0.2) is 30.3 Å². The van der Waals surface area contributed by atoms with Crippen molar-refractivity contribution in [2.45, 2.75) is 25.5 Å². The molecular formula is C13H18N2O2. The summed E-state index contributed by atoms with van der Waals surface area (Å²) in [6.45, 7) is 3.13. The van der Waals surface area contributed by atoms with Gasteiger partial charge in [0.2, 0.25) is 5.91 Å². The van der Waals surface area contributed by atoms with Crippen molar-refractivity contribution in [2.75, 3.05) is 18.5 Å². The van der Waals surface area contributed by atoms with Crippen molar-refractivity contribution >= 4 is 11.6 Å². The molecule has 0 bridgehead atoms. The summed E-state index contributed by atoms with van der Waals surface area (Å²) in [7, 11) is 0. The molecule has 1 heterocycles. The highest BCUT2D eigenvalue weighted by Gasteiger charge is 2.23. The lowest BCUT2D eigenvalue weighted by atomic mass is 10.1. The van der Waals surface area contributed by atoms with Gasteiger partial charge in [-0.2, -0.15) is 0 Å². The van der Waals surface area contributed by atoms with Crippen LogP contribution in [0, 0.1) is 0 Å². The van der Waals surface area contributed by atoms with Crippen molar-refractivity contribution in [2.24, 2.45) is 0 Å². The normalized spacial score (nSPS) is 23.6. The standard InChI is InChI=1S/C13H18N2O2/c1-10-12(7-8-17-10)14-9-13(16)15-11-5-3-2-4-6-11/h2-6,10,12,14H,7-9H2,1H3,(H,15,16). The molecule has 1 aliphatic rings. The van der Waals surface area contributed by atoms with E-state index in [1.165, 1.54) is 0 Å². The number of rotatable bonds is 4. The zero-order valence-electron chi connectivity index (χ0n) is 9.98. The van der Waals surface area contributed by atoms with Crippen LogP contribution in [0.2, 0.25) is 0 Å². The summed E-state index contributed by atoms with van der Waals surface area (Å²) in [6.07, 6.45) is 1.17. The molecule has 0 saturated carbocycles. The number of para-hydroxylation sites is 1. The molecule has 1 fully saturated rings. The Balaban J connectivity index is 1.74. The van der Waals surface area contributed by atoms with E-state index in [2.05, 4.69) is 10.6 Å². The maximum Gasteiger partial charge on any atom is 0.238 e. The van der Waals surface area contributed by atoms with Crippen molar-refractivity contribution < 1.29 is 9.53 Å². The number of hydrogen-bond donors (Lipinski definition) is 2. The first-order chi connectivity index (χ1) is 8.25. The molecule has 1 aromatic rings. The van der Waals surface area contributed by atoms with Crippen LogP contribution in [0.3, 0.4) is 0 Å². The van der Waals surface area contributed by atoms with Crippen molar-refractivity contribution in [1.82, 2.24) is 5.32 Å². The molecular weight excluding hydrogens is 216 g/mol. The third-order valence-electron chi connectivity index (χ3n) is 2.96. The Morgan fingerprint density at radius 3 is 2.82 bits per heavy atom. The van der Waals surface area contributed by atoms with Gasteiger partial charge in [0, 0.05) is 18.3 Å². The van der Waals surface area contributed by atoms with Gasteiger partial charge < -0.3 is 15.4 Å². The molecule has 0 aromatic heterocycles. The van der Waals surface area contributed by atoms with E-state index in [0.29, 0.717) is 6.54 Å². The first-order valence-corrected chi connectivity index (χ1v) is 5.95. The molecule has 2 N–H and O–H groups in total. The summed E-state index contributed by atoms with van der Waals surface area (Å²) in [4.78, 5) is 11.7. The maximum atomic E-state index is 11.7. The van der Waals surface area contributed by atoms with Gasteiger partial charge in [-0.1, -0.05) is 18.2 Å². The van der Waals surface area contributed by atoms with Crippen LogP contribution in [-0.2, 0) is 9.53 Å². The molecule has 0 spiro atoms. The molecule has 1 aromatic carbocycles. The van der Waals surface area contributed by atoms with Crippen LogP contribution >= 0.6 is 0 Å². The zero-order valence-corrected chi connectivity index (χ0v) is 9.98. The molecule has 0 aliphatic carbocycles. The lowest BCUT2D eigenvalue weighted by molar-refractivity contribution is -0.115. The van der Waals surface area contributed by atoms with Crippen molar-refractivity contribution in [3.63, 3.8) is 0 Å². The van der Waals surface area contributed by atoms with Gasteiger partial charge in [0.15, 0.2) is 0 Å². The molecule has 4 heteroatoms. The minimum Gasteiger partial charge on any atom is -0.377 e. The third-order valence-corrected chi connectivity index (χ3v) is 2.96. The monoisotopic (exact) mass is 234 g/mol.